The zero-order chi connectivity index (χ0) is 15.3. The maximum atomic E-state index is 12.6. The van der Waals surface area contributed by atoms with Crippen LogP contribution in [0.15, 0.2) is 30.3 Å². The molecule has 2 atom stereocenters. The minimum absolute atomic E-state index is 0.0658. The Morgan fingerprint density at radius 3 is 2.25 bits per heavy atom. The second-order valence-corrected chi connectivity index (χ2v) is 6.61. The molecule has 0 saturated heterocycles. The molecule has 1 amide bonds. The number of nitrogens with two attached hydrogens (primary N) is 1. The Balaban J connectivity index is 2.77. The number of benzene rings is 1. The summed E-state index contributed by atoms with van der Waals surface area (Å²) in [7, 11) is 1.88. The molecule has 1 aromatic rings. The number of carbonyl (C=O) groups excluding carboxylic acids is 1. The van der Waals surface area contributed by atoms with Gasteiger partial charge in [0.25, 0.3) is 0 Å². The molecule has 2 unspecified atom stereocenters. The van der Waals surface area contributed by atoms with E-state index in [0.717, 1.165) is 5.56 Å². The van der Waals surface area contributed by atoms with Gasteiger partial charge in [0.15, 0.2) is 0 Å². The van der Waals surface area contributed by atoms with Gasteiger partial charge in [-0.2, -0.15) is 0 Å². The first-order valence-electron chi connectivity index (χ1n) is 7.28. The molecule has 20 heavy (non-hydrogen) atoms. The van der Waals surface area contributed by atoms with Crippen LogP contribution >= 0.6 is 0 Å². The summed E-state index contributed by atoms with van der Waals surface area (Å²) < 4.78 is 0. The van der Waals surface area contributed by atoms with Crippen molar-refractivity contribution in [2.24, 2.45) is 17.1 Å². The Labute approximate surface area is 123 Å². The fourth-order valence-corrected chi connectivity index (χ4v) is 2.23. The third-order valence-electron chi connectivity index (χ3n) is 4.14. The smallest absolute Gasteiger partial charge is 0.227 e. The summed E-state index contributed by atoms with van der Waals surface area (Å²) >= 11 is 0. The van der Waals surface area contributed by atoms with Crippen LogP contribution in [0.5, 0.6) is 0 Å². The van der Waals surface area contributed by atoms with Gasteiger partial charge in [0.2, 0.25) is 5.91 Å². The van der Waals surface area contributed by atoms with E-state index in [1.807, 2.05) is 42.3 Å². The summed E-state index contributed by atoms with van der Waals surface area (Å²) in [5.41, 5.74) is 7.05. The SMILES string of the molecule is CC(N(C)C(=O)C(CN)Cc1ccccc1)C(C)(C)C. The highest BCUT2D eigenvalue weighted by atomic mass is 16.2. The molecule has 1 rings (SSSR count). The van der Waals surface area contributed by atoms with E-state index in [9.17, 15) is 4.79 Å². The van der Waals surface area contributed by atoms with E-state index in [1.54, 1.807) is 0 Å². The largest absolute Gasteiger partial charge is 0.342 e. The maximum Gasteiger partial charge on any atom is 0.227 e. The van der Waals surface area contributed by atoms with Crippen LogP contribution in [0.4, 0.5) is 0 Å². The third kappa shape index (κ3) is 4.34. The van der Waals surface area contributed by atoms with Crippen molar-refractivity contribution in [3.8, 4) is 0 Å². The summed E-state index contributed by atoms with van der Waals surface area (Å²) in [6.07, 6.45) is 0.706. The molecular formula is C17H28N2O. The highest BCUT2D eigenvalue weighted by Crippen LogP contribution is 2.24. The number of rotatable bonds is 5. The lowest BCUT2D eigenvalue weighted by Crippen LogP contribution is -2.47. The maximum absolute atomic E-state index is 12.6. The average Bonchev–Trinajstić information content (AvgIpc) is 2.42. The van der Waals surface area contributed by atoms with Crippen LogP contribution in [-0.4, -0.2) is 30.4 Å². The Hall–Kier alpha value is -1.35. The van der Waals surface area contributed by atoms with E-state index >= 15 is 0 Å². The molecule has 0 aliphatic heterocycles. The van der Waals surface area contributed by atoms with Crippen LogP contribution in [-0.2, 0) is 11.2 Å². The normalized spacial score (nSPS) is 14.7. The highest BCUT2D eigenvalue weighted by Gasteiger charge is 2.30. The van der Waals surface area contributed by atoms with Gasteiger partial charge in [-0.25, -0.2) is 0 Å². The van der Waals surface area contributed by atoms with E-state index in [0.29, 0.717) is 13.0 Å². The zero-order valence-electron chi connectivity index (χ0n) is 13.4. The van der Waals surface area contributed by atoms with E-state index < -0.39 is 0 Å². The minimum Gasteiger partial charge on any atom is -0.342 e. The van der Waals surface area contributed by atoms with Crippen LogP contribution < -0.4 is 5.73 Å². The van der Waals surface area contributed by atoms with E-state index in [2.05, 4.69) is 27.7 Å². The predicted molar refractivity (Wildman–Crippen MR) is 84.4 cm³/mol. The highest BCUT2D eigenvalue weighted by molar-refractivity contribution is 5.79. The van der Waals surface area contributed by atoms with Crippen molar-refractivity contribution in [2.45, 2.75) is 40.2 Å². The van der Waals surface area contributed by atoms with E-state index in [4.69, 9.17) is 5.73 Å². The molecule has 0 heterocycles. The molecule has 0 fully saturated rings. The van der Waals surface area contributed by atoms with Crippen molar-refractivity contribution >= 4 is 5.91 Å². The summed E-state index contributed by atoms with van der Waals surface area (Å²) in [6.45, 7) is 8.92. The van der Waals surface area contributed by atoms with E-state index in [-0.39, 0.29) is 23.3 Å². The minimum atomic E-state index is -0.146. The monoisotopic (exact) mass is 276 g/mol. The third-order valence-corrected chi connectivity index (χ3v) is 4.14. The Bertz CT molecular complexity index is 422. The lowest BCUT2D eigenvalue weighted by molar-refractivity contribution is -0.137. The van der Waals surface area contributed by atoms with Crippen LogP contribution in [0.1, 0.15) is 33.3 Å². The van der Waals surface area contributed by atoms with Gasteiger partial charge in [-0.15, -0.1) is 0 Å². The van der Waals surface area contributed by atoms with Crippen LogP contribution in [0, 0.1) is 11.3 Å². The molecule has 0 aliphatic carbocycles. The molecule has 112 valence electrons. The van der Waals surface area contributed by atoms with Gasteiger partial charge in [0.05, 0.1) is 5.92 Å². The Kier molecular flexibility index (Phi) is 5.75. The van der Waals surface area contributed by atoms with Crippen LogP contribution in [0.3, 0.4) is 0 Å². The lowest BCUT2D eigenvalue weighted by atomic mass is 9.86. The molecule has 2 N–H and O–H groups in total. The topological polar surface area (TPSA) is 46.3 Å². The van der Waals surface area contributed by atoms with Gasteiger partial charge in [0, 0.05) is 19.6 Å². The number of hydrogen-bond donors (Lipinski definition) is 1. The van der Waals surface area contributed by atoms with Crippen molar-refractivity contribution in [2.75, 3.05) is 13.6 Å². The summed E-state index contributed by atoms with van der Waals surface area (Å²) in [5.74, 6) is -0.00835. The summed E-state index contributed by atoms with van der Waals surface area (Å²) in [6, 6.07) is 10.2. The van der Waals surface area contributed by atoms with Gasteiger partial charge in [-0.1, -0.05) is 51.1 Å². The average molecular weight is 276 g/mol. The first-order valence-corrected chi connectivity index (χ1v) is 7.28. The van der Waals surface area contributed by atoms with Crippen LogP contribution in [0.2, 0.25) is 0 Å². The van der Waals surface area contributed by atoms with Crippen molar-refractivity contribution in [3.63, 3.8) is 0 Å². The van der Waals surface area contributed by atoms with Gasteiger partial charge in [0.1, 0.15) is 0 Å². The summed E-state index contributed by atoms with van der Waals surface area (Å²) in [4.78, 5) is 14.5. The Morgan fingerprint density at radius 1 is 1.25 bits per heavy atom. The molecule has 0 bridgehead atoms. The fourth-order valence-electron chi connectivity index (χ4n) is 2.23. The molecule has 0 radical (unpaired) electrons. The van der Waals surface area contributed by atoms with Crippen molar-refractivity contribution in [1.29, 1.82) is 0 Å². The van der Waals surface area contributed by atoms with Crippen molar-refractivity contribution in [1.82, 2.24) is 4.90 Å². The molecule has 3 nitrogen and oxygen atoms in total. The quantitative estimate of drug-likeness (QED) is 0.899. The standard InChI is InChI=1S/C17H28N2O/c1-13(17(2,3)4)19(5)16(20)15(12-18)11-14-9-7-6-8-10-14/h6-10,13,15H,11-12,18H2,1-5H3. The lowest BCUT2D eigenvalue weighted by Gasteiger charge is -2.37. The number of carbonyl (C=O) groups is 1. The van der Waals surface area contributed by atoms with Crippen molar-refractivity contribution < 1.29 is 4.79 Å². The fraction of sp³-hybridized carbons (Fsp3) is 0.588. The number of nitrogens with zero attached hydrogens (tertiary/aromatic N) is 1. The summed E-state index contributed by atoms with van der Waals surface area (Å²) in [5, 5.41) is 0. The first-order chi connectivity index (χ1) is 9.27. The number of hydrogen-bond acceptors (Lipinski definition) is 2. The second kappa shape index (κ2) is 6.89. The first kappa shape index (κ1) is 16.7. The van der Waals surface area contributed by atoms with Crippen LogP contribution in [0.25, 0.3) is 0 Å². The van der Waals surface area contributed by atoms with Gasteiger partial charge in [-0.3, -0.25) is 4.79 Å². The molecule has 0 spiro atoms. The molecular weight excluding hydrogens is 248 g/mol. The molecule has 0 aliphatic rings. The van der Waals surface area contributed by atoms with Gasteiger partial charge in [-0.05, 0) is 24.3 Å². The molecule has 3 heteroatoms. The molecule has 0 aromatic heterocycles. The molecule has 1 aromatic carbocycles. The van der Waals surface area contributed by atoms with Gasteiger partial charge < -0.3 is 10.6 Å². The second-order valence-electron chi connectivity index (χ2n) is 6.61. The zero-order valence-corrected chi connectivity index (χ0v) is 13.4. The predicted octanol–water partition coefficient (Wildman–Crippen LogP) is 2.70. The van der Waals surface area contributed by atoms with Crippen molar-refractivity contribution in [3.05, 3.63) is 35.9 Å². The number of amides is 1. The van der Waals surface area contributed by atoms with E-state index in [1.165, 1.54) is 0 Å². The van der Waals surface area contributed by atoms with Gasteiger partial charge >= 0.3 is 0 Å². The molecule has 0 saturated carbocycles. The Morgan fingerprint density at radius 2 is 1.80 bits per heavy atom.